The van der Waals surface area contributed by atoms with Crippen LogP contribution in [0.3, 0.4) is 0 Å². The van der Waals surface area contributed by atoms with Gasteiger partial charge in [-0.05, 0) is 5.56 Å². The van der Waals surface area contributed by atoms with Crippen LogP contribution < -0.4 is 4.72 Å². The van der Waals surface area contributed by atoms with Crippen LogP contribution >= 0.6 is 0 Å². The van der Waals surface area contributed by atoms with Gasteiger partial charge in [-0.15, -0.1) is 10.2 Å². The lowest BCUT2D eigenvalue weighted by Crippen LogP contribution is -2.25. The quantitative estimate of drug-likeness (QED) is 0.769. The molecule has 0 radical (unpaired) electrons. The van der Waals surface area contributed by atoms with E-state index in [9.17, 15) is 8.42 Å². The summed E-state index contributed by atoms with van der Waals surface area (Å²) in [5.41, 5.74) is 0.730. The first kappa shape index (κ1) is 11.7. The summed E-state index contributed by atoms with van der Waals surface area (Å²) in [7, 11) is -3.38. The zero-order valence-electron chi connectivity index (χ0n) is 8.87. The predicted octanol–water partition coefficient (Wildman–Crippen LogP) is -0.181. The van der Waals surface area contributed by atoms with Crippen LogP contribution in [0.15, 0.2) is 30.3 Å². The number of hydrogen-bond donors (Lipinski definition) is 2. The van der Waals surface area contributed by atoms with Gasteiger partial charge in [-0.3, -0.25) is 0 Å². The molecule has 90 valence electrons. The van der Waals surface area contributed by atoms with Gasteiger partial charge in [-0.1, -0.05) is 35.5 Å². The molecular weight excluding hydrogens is 242 g/mol. The molecule has 0 fully saturated rings. The molecular formula is C9H11N5O2S. The van der Waals surface area contributed by atoms with E-state index in [1.165, 1.54) is 0 Å². The van der Waals surface area contributed by atoms with Gasteiger partial charge in [-0.25, -0.2) is 13.1 Å². The SMILES string of the molecule is O=S(=O)(Cc1ccccc1)NCc1nn[nH]n1. The van der Waals surface area contributed by atoms with E-state index in [0.717, 1.165) is 5.56 Å². The van der Waals surface area contributed by atoms with Crippen molar-refractivity contribution in [1.82, 2.24) is 25.3 Å². The molecule has 0 aliphatic rings. The van der Waals surface area contributed by atoms with Crippen molar-refractivity contribution < 1.29 is 8.42 Å². The molecule has 1 aromatic heterocycles. The maximum Gasteiger partial charge on any atom is 0.216 e. The number of aromatic nitrogens is 4. The molecule has 0 saturated heterocycles. The summed E-state index contributed by atoms with van der Waals surface area (Å²) in [6.45, 7) is 0.0334. The van der Waals surface area contributed by atoms with Gasteiger partial charge in [0.05, 0.1) is 12.3 Å². The third-order valence-electron chi connectivity index (χ3n) is 2.04. The summed E-state index contributed by atoms with van der Waals surface area (Å²) in [5, 5.41) is 12.9. The first-order chi connectivity index (χ1) is 8.16. The van der Waals surface area contributed by atoms with Crippen LogP contribution in [0.25, 0.3) is 0 Å². The van der Waals surface area contributed by atoms with Gasteiger partial charge < -0.3 is 0 Å². The molecule has 0 saturated carbocycles. The molecule has 0 spiro atoms. The number of rotatable bonds is 5. The molecule has 0 aliphatic heterocycles. The molecule has 1 aromatic carbocycles. The van der Waals surface area contributed by atoms with Gasteiger partial charge in [0.15, 0.2) is 5.82 Å². The average Bonchev–Trinajstić information content (AvgIpc) is 2.80. The minimum Gasteiger partial charge on any atom is -0.212 e. The van der Waals surface area contributed by atoms with Crippen molar-refractivity contribution in [2.75, 3.05) is 0 Å². The lowest BCUT2D eigenvalue weighted by Gasteiger charge is -2.04. The molecule has 0 atom stereocenters. The lowest BCUT2D eigenvalue weighted by atomic mass is 10.2. The Hall–Kier alpha value is -1.80. The Kier molecular flexibility index (Phi) is 3.45. The van der Waals surface area contributed by atoms with Crippen LogP contribution in [0.4, 0.5) is 0 Å². The van der Waals surface area contributed by atoms with Crippen molar-refractivity contribution in [2.24, 2.45) is 0 Å². The molecule has 2 N–H and O–H groups in total. The maximum atomic E-state index is 11.7. The number of hydrogen-bond acceptors (Lipinski definition) is 5. The van der Waals surface area contributed by atoms with E-state index in [0.29, 0.717) is 5.82 Å². The number of tetrazole rings is 1. The van der Waals surface area contributed by atoms with Gasteiger partial charge in [0.2, 0.25) is 10.0 Å². The molecule has 0 bridgehead atoms. The molecule has 17 heavy (non-hydrogen) atoms. The monoisotopic (exact) mass is 253 g/mol. The van der Waals surface area contributed by atoms with E-state index < -0.39 is 10.0 Å². The Labute approximate surface area is 98.3 Å². The Morgan fingerprint density at radius 3 is 2.65 bits per heavy atom. The minimum absolute atomic E-state index is 0.0334. The smallest absolute Gasteiger partial charge is 0.212 e. The highest BCUT2D eigenvalue weighted by atomic mass is 32.2. The van der Waals surface area contributed by atoms with Crippen molar-refractivity contribution in [3.05, 3.63) is 41.7 Å². The van der Waals surface area contributed by atoms with Crippen LogP contribution in [0, 0.1) is 0 Å². The highest BCUT2D eigenvalue weighted by Gasteiger charge is 2.12. The molecule has 0 aliphatic carbocycles. The number of sulfonamides is 1. The molecule has 1 heterocycles. The third kappa shape index (κ3) is 3.61. The number of nitrogens with zero attached hydrogens (tertiary/aromatic N) is 3. The van der Waals surface area contributed by atoms with E-state index in [1.807, 2.05) is 6.07 Å². The summed E-state index contributed by atoms with van der Waals surface area (Å²) >= 11 is 0. The van der Waals surface area contributed by atoms with E-state index in [1.54, 1.807) is 24.3 Å². The Bertz CT molecular complexity index is 552. The zero-order chi connectivity index (χ0) is 12.1. The fourth-order valence-corrected chi connectivity index (χ4v) is 2.36. The summed E-state index contributed by atoms with van der Waals surface area (Å²) in [6, 6.07) is 8.94. The Morgan fingerprint density at radius 1 is 1.24 bits per heavy atom. The summed E-state index contributed by atoms with van der Waals surface area (Å²) in [5.74, 6) is 0.243. The second kappa shape index (κ2) is 5.02. The van der Waals surface area contributed by atoms with Gasteiger partial charge in [0.1, 0.15) is 0 Å². The van der Waals surface area contributed by atoms with E-state index in [4.69, 9.17) is 0 Å². The van der Waals surface area contributed by atoms with Crippen LogP contribution in [0.2, 0.25) is 0 Å². The molecule has 7 nitrogen and oxygen atoms in total. The standard InChI is InChI=1S/C9H11N5O2S/c15-17(16,7-8-4-2-1-3-5-8)10-6-9-11-13-14-12-9/h1-5,10H,6-7H2,(H,11,12,13,14). The first-order valence-corrected chi connectivity index (χ1v) is 6.54. The summed E-state index contributed by atoms with van der Waals surface area (Å²) in [6.07, 6.45) is 0. The van der Waals surface area contributed by atoms with Gasteiger partial charge in [0.25, 0.3) is 0 Å². The molecule has 2 rings (SSSR count). The van der Waals surface area contributed by atoms with Crippen molar-refractivity contribution in [3.8, 4) is 0 Å². The zero-order valence-corrected chi connectivity index (χ0v) is 9.68. The normalized spacial score (nSPS) is 11.5. The Morgan fingerprint density at radius 2 is 2.00 bits per heavy atom. The summed E-state index contributed by atoms with van der Waals surface area (Å²) < 4.78 is 25.8. The molecule has 8 heteroatoms. The maximum absolute atomic E-state index is 11.7. The topological polar surface area (TPSA) is 101 Å². The van der Waals surface area contributed by atoms with E-state index in [-0.39, 0.29) is 12.3 Å². The van der Waals surface area contributed by atoms with Crippen LogP contribution in [-0.4, -0.2) is 29.0 Å². The van der Waals surface area contributed by atoms with Crippen LogP contribution in [0.1, 0.15) is 11.4 Å². The number of aromatic amines is 1. The lowest BCUT2D eigenvalue weighted by molar-refractivity contribution is 0.578. The van der Waals surface area contributed by atoms with Crippen LogP contribution in [0.5, 0.6) is 0 Å². The van der Waals surface area contributed by atoms with Crippen molar-refractivity contribution in [3.63, 3.8) is 0 Å². The summed E-state index contributed by atoms with van der Waals surface area (Å²) in [4.78, 5) is 0. The third-order valence-corrected chi connectivity index (χ3v) is 3.34. The largest absolute Gasteiger partial charge is 0.216 e. The highest BCUT2D eigenvalue weighted by molar-refractivity contribution is 7.88. The predicted molar refractivity (Wildman–Crippen MR) is 60.1 cm³/mol. The first-order valence-electron chi connectivity index (χ1n) is 4.89. The van der Waals surface area contributed by atoms with Gasteiger partial charge >= 0.3 is 0 Å². The fraction of sp³-hybridized carbons (Fsp3) is 0.222. The number of benzene rings is 1. The second-order valence-corrected chi connectivity index (χ2v) is 5.20. The van der Waals surface area contributed by atoms with E-state index in [2.05, 4.69) is 25.3 Å². The van der Waals surface area contributed by atoms with Gasteiger partial charge in [0, 0.05) is 0 Å². The molecule has 2 aromatic rings. The molecule has 0 amide bonds. The van der Waals surface area contributed by atoms with Crippen molar-refractivity contribution in [1.29, 1.82) is 0 Å². The number of H-pyrrole nitrogens is 1. The second-order valence-electron chi connectivity index (χ2n) is 3.39. The molecule has 0 unspecified atom stereocenters. The number of nitrogens with one attached hydrogen (secondary N) is 2. The minimum atomic E-state index is -3.38. The highest BCUT2D eigenvalue weighted by Crippen LogP contribution is 2.04. The average molecular weight is 253 g/mol. The van der Waals surface area contributed by atoms with Gasteiger partial charge in [-0.2, -0.15) is 5.21 Å². The van der Waals surface area contributed by atoms with E-state index >= 15 is 0 Å². The van der Waals surface area contributed by atoms with Crippen molar-refractivity contribution >= 4 is 10.0 Å². The Balaban J connectivity index is 1.96. The van der Waals surface area contributed by atoms with Crippen LogP contribution in [-0.2, 0) is 22.3 Å². The fourth-order valence-electron chi connectivity index (χ4n) is 1.28. The van der Waals surface area contributed by atoms with Crippen molar-refractivity contribution in [2.45, 2.75) is 12.3 Å².